The average Bonchev–Trinajstić information content (AvgIpc) is 3.02. The third-order valence-electron chi connectivity index (χ3n) is 9.99. The Balaban J connectivity index is 1.28. The first-order chi connectivity index (χ1) is 15.2. The molecule has 5 aliphatic rings. The van der Waals surface area contributed by atoms with Gasteiger partial charge in [-0.25, -0.2) is 0 Å². The maximum Gasteiger partial charge on any atom is 0.188 e. The summed E-state index contributed by atoms with van der Waals surface area (Å²) in [5.74, 6) is 0.608. The molecule has 5 heteroatoms. The van der Waals surface area contributed by atoms with Crippen LogP contribution in [0.15, 0.2) is 54.6 Å². The summed E-state index contributed by atoms with van der Waals surface area (Å²) in [6.07, 6.45) is 13.5. The summed E-state index contributed by atoms with van der Waals surface area (Å²) in [5, 5.41) is 4.13. The van der Waals surface area contributed by atoms with Crippen LogP contribution in [0.1, 0.15) is 38.7 Å². The van der Waals surface area contributed by atoms with Gasteiger partial charge in [-0.2, -0.15) is 0 Å². The molecule has 2 N–H and O–H groups in total. The summed E-state index contributed by atoms with van der Waals surface area (Å²) in [6, 6.07) is 13.5. The predicted octanol–water partition coefficient (Wildman–Crippen LogP) is 4.11. The van der Waals surface area contributed by atoms with Crippen molar-refractivity contribution in [1.82, 2.24) is 15.1 Å². The van der Waals surface area contributed by atoms with Crippen LogP contribution < -0.4 is 5.32 Å². The fourth-order valence-electron chi connectivity index (χ4n) is 7.51. The third-order valence-corrected chi connectivity index (χ3v) is 13.6. The highest BCUT2D eigenvalue weighted by Crippen LogP contribution is 2.66. The van der Waals surface area contributed by atoms with Crippen LogP contribution in [0.2, 0.25) is 18.1 Å². The van der Waals surface area contributed by atoms with Gasteiger partial charge in [0.25, 0.3) is 0 Å². The molecule has 8 atom stereocenters. The van der Waals surface area contributed by atoms with E-state index >= 15 is 0 Å². The fourth-order valence-corrected chi connectivity index (χ4v) is 8.27. The molecule has 172 valence electrons. The van der Waals surface area contributed by atoms with Gasteiger partial charge in [0.15, 0.2) is 8.32 Å². The van der Waals surface area contributed by atoms with Crippen molar-refractivity contribution in [2.45, 2.75) is 88.1 Å². The Morgan fingerprint density at radius 2 is 1.91 bits per heavy atom. The van der Waals surface area contributed by atoms with E-state index in [1.165, 1.54) is 24.9 Å². The summed E-state index contributed by atoms with van der Waals surface area (Å²) in [4.78, 5) is 16.5. The van der Waals surface area contributed by atoms with E-state index in [9.17, 15) is 4.80 Å². The number of fused-ring (bicyclic) bond motifs is 4. The molecule has 1 spiro atoms. The molecule has 1 aromatic rings. The number of nitrogens with zero attached hydrogens (tertiary/aromatic N) is 2. The van der Waals surface area contributed by atoms with Gasteiger partial charge >= 0.3 is 0 Å². The Morgan fingerprint density at radius 3 is 2.66 bits per heavy atom. The molecular weight excluding hydrogens is 410 g/mol. The van der Waals surface area contributed by atoms with E-state index in [1.807, 2.05) is 0 Å². The first-order valence-corrected chi connectivity index (χ1v) is 15.6. The molecular formula is C27H39N3OSi. The second-order valence-corrected chi connectivity index (χ2v) is 16.6. The highest BCUT2D eigenvalue weighted by Gasteiger charge is 2.78. The lowest BCUT2D eigenvalue weighted by molar-refractivity contribution is 0.117. The molecule has 0 bridgehead atoms. The van der Waals surface area contributed by atoms with Gasteiger partial charge in [-0.05, 0) is 49.5 Å². The minimum absolute atomic E-state index is 0.0596. The molecule has 32 heavy (non-hydrogen) atoms. The lowest BCUT2D eigenvalue weighted by Gasteiger charge is -2.40. The fraction of sp³-hybridized carbons (Fsp3) is 0.630. The second-order valence-electron chi connectivity index (χ2n) is 12.1. The number of nitrogens with one attached hydrogen (secondary N) is 1. The standard InChI is InChI=1S/C27H39N3OSi/c1-26(2,32(3,4)31)15-14-22-23-24-27(16-17-29(24)18-19-10-6-5-7-11-19)20-12-8-9-13-21(20)28-25(27)30(22)23/h5-13,20-25,28,31H,14-18H2,1-4H3/t20?,21?,22?,23-,24+,25?,27-,30?/m1/s1. The van der Waals surface area contributed by atoms with Gasteiger partial charge in [0, 0.05) is 42.0 Å². The molecule has 5 unspecified atom stereocenters. The van der Waals surface area contributed by atoms with Crippen LogP contribution in [0.25, 0.3) is 0 Å². The van der Waals surface area contributed by atoms with Crippen molar-refractivity contribution in [1.29, 1.82) is 0 Å². The average molecular weight is 450 g/mol. The van der Waals surface area contributed by atoms with Gasteiger partial charge in [-0.15, -0.1) is 0 Å². The Bertz CT molecular complexity index is 938. The van der Waals surface area contributed by atoms with Crippen molar-refractivity contribution in [2.75, 3.05) is 6.54 Å². The first-order valence-electron chi connectivity index (χ1n) is 12.6. The lowest BCUT2D eigenvalue weighted by Crippen LogP contribution is -2.49. The van der Waals surface area contributed by atoms with Gasteiger partial charge in [0.1, 0.15) is 0 Å². The second kappa shape index (κ2) is 7.13. The summed E-state index contributed by atoms with van der Waals surface area (Å²) in [5.41, 5.74) is 1.77. The molecule has 4 saturated heterocycles. The topological polar surface area (TPSA) is 38.5 Å². The van der Waals surface area contributed by atoms with Crippen molar-refractivity contribution in [3.63, 3.8) is 0 Å². The zero-order valence-electron chi connectivity index (χ0n) is 20.0. The molecule has 4 nitrogen and oxygen atoms in total. The van der Waals surface area contributed by atoms with E-state index in [0.29, 0.717) is 41.7 Å². The van der Waals surface area contributed by atoms with Gasteiger partial charge in [-0.1, -0.05) is 68.5 Å². The molecule has 4 aliphatic heterocycles. The van der Waals surface area contributed by atoms with Gasteiger partial charge < -0.3 is 4.80 Å². The maximum absolute atomic E-state index is 10.8. The number of rotatable bonds is 6. The first kappa shape index (κ1) is 21.3. The molecule has 1 aromatic carbocycles. The maximum atomic E-state index is 10.8. The summed E-state index contributed by atoms with van der Waals surface area (Å²) >= 11 is 0. The Kier molecular flexibility index (Phi) is 4.74. The third kappa shape index (κ3) is 2.94. The van der Waals surface area contributed by atoms with E-state index in [4.69, 9.17) is 0 Å². The number of piperidine rings is 1. The van der Waals surface area contributed by atoms with E-state index in [2.05, 4.69) is 96.7 Å². The molecule has 6 rings (SSSR count). The molecule has 4 fully saturated rings. The SMILES string of the molecule is CC(C)(CCC1[C@@H]2[C@@H]3N(Cc4ccccc4)CC[C@@]34C3C=CC=CC3NC4N12)[Si](C)(C)O. The largest absolute Gasteiger partial charge is 0.432 e. The predicted molar refractivity (Wildman–Crippen MR) is 133 cm³/mol. The highest BCUT2D eigenvalue weighted by molar-refractivity contribution is 6.72. The van der Waals surface area contributed by atoms with Gasteiger partial charge in [0.05, 0.1) is 6.17 Å². The number of likely N-dealkylation sites (tertiary alicyclic amines) is 1. The highest BCUT2D eigenvalue weighted by atomic mass is 28.4. The number of hydrogen-bond acceptors (Lipinski definition) is 4. The van der Waals surface area contributed by atoms with Gasteiger partial charge in [-0.3, -0.25) is 15.1 Å². The summed E-state index contributed by atoms with van der Waals surface area (Å²) < 4.78 is 0. The monoisotopic (exact) mass is 449 g/mol. The number of allylic oxidation sites excluding steroid dienone is 2. The van der Waals surface area contributed by atoms with Crippen LogP contribution in [0.5, 0.6) is 0 Å². The van der Waals surface area contributed by atoms with Crippen molar-refractivity contribution >= 4 is 8.32 Å². The van der Waals surface area contributed by atoms with E-state index < -0.39 is 8.32 Å². The van der Waals surface area contributed by atoms with E-state index in [-0.39, 0.29) is 5.04 Å². The number of hydrogen-bond donors (Lipinski definition) is 2. The van der Waals surface area contributed by atoms with Crippen molar-refractivity contribution in [3.8, 4) is 0 Å². The van der Waals surface area contributed by atoms with E-state index in [1.54, 1.807) is 0 Å². The van der Waals surface area contributed by atoms with Crippen LogP contribution in [-0.4, -0.2) is 59.8 Å². The lowest BCUT2D eigenvalue weighted by atomic mass is 9.67. The Labute approximate surface area is 194 Å². The molecule has 0 radical (unpaired) electrons. The minimum Gasteiger partial charge on any atom is -0.432 e. The molecule has 1 aliphatic carbocycles. The van der Waals surface area contributed by atoms with Crippen molar-refractivity contribution in [3.05, 3.63) is 60.2 Å². The van der Waals surface area contributed by atoms with Crippen molar-refractivity contribution < 1.29 is 4.80 Å². The van der Waals surface area contributed by atoms with Crippen LogP contribution >= 0.6 is 0 Å². The van der Waals surface area contributed by atoms with Crippen LogP contribution in [0.3, 0.4) is 0 Å². The Hall–Kier alpha value is -1.24. The minimum atomic E-state index is -2.17. The zero-order chi connectivity index (χ0) is 22.3. The molecule has 0 amide bonds. The molecule has 0 aromatic heterocycles. The van der Waals surface area contributed by atoms with Crippen LogP contribution in [0, 0.1) is 11.3 Å². The summed E-state index contributed by atoms with van der Waals surface area (Å²) in [7, 11) is -2.17. The van der Waals surface area contributed by atoms with Gasteiger partial charge in [0.2, 0.25) is 0 Å². The van der Waals surface area contributed by atoms with E-state index in [0.717, 1.165) is 13.0 Å². The quantitative estimate of drug-likeness (QED) is 0.506. The zero-order valence-corrected chi connectivity index (χ0v) is 21.0. The summed E-state index contributed by atoms with van der Waals surface area (Å²) in [6.45, 7) is 11.0. The van der Waals surface area contributed by atoms with Crippen molar-refractivity contribution in [2.24, 2.45) is 11.3 Å². The number of benzene rings is 1. The molecule has 0 saturated carbocycles. The normalized spacial score (nSPS) is 42.0. The smallest absolute Gasteiger partial charge is 0.188 e. The molecule has 4 heterocycles. The van der Waals surface area contributed by atoms with Crippen LogP contribution in [-0.2, 0) is 6.54 Å². The Morgan fingerprint density at radius 1 is 1.16 bits per heavy atom. The van der Waals surface area contributed by atoms with Crippen LogP contribution in [0.4, 0.5) is 0 Å².